The van der Waals surface area contributed by atoms with Crippen molar-refractivity contribution in [2.45, 2.75) is 12.8 Å². The number of piperazine rings is 1. The van der Waals surface area contributed by atoms with Crippen molar-refractivity contribution in [3.8, 4) is 0 Å². The highest BCUT2D eigenvalue weighted by Crippen LogP contribution is 1.99. The zero-order valence-corrected chi connectivity index (χ0v) is 7.38. The fourth-order valence-electron chi connectivity index (χ4n) is 1.30. The molecule has 68 valence electrons. The molecule has 0 aromatic rings. The zero-order chi connectivity index (χ0) is 8.81. The first kappa shape index (κ1) is 9.26. The summed E-state index contributed by atoms with van der Waals surface area (Å²) in [6.07, 6.45) is 3.20. The summed E-state index contributed by atoms with van der Waals surface area (Å²) in [5, 5.41) is 3.21. The topological polar surface area (TPSA) is 32.3 Å². The number of nitrogens with one attached hydrogen (secondary N) is 1. The fourth-order valence-corrected chi connectivity index (χ4v) is 1.30. The van der Waals surface area contributed by atoms with Gasteiger partial charge in [-0.05, 0) is 6.42 Å². The van der Waals surface area contributed by atoms with Gasteiger partial charge in [-0.3, -0.25) is 4.79 Å². The third-order valence-electron chi connectivity index (χ3n) is 2.03. The molecule has 1 amide bonds. The number of carbonyl (C=O) groups is 1. The van der Waals surface area contributed by atoms with Gasteiger partial charge < -0.3 is 10.2 Å². The molecule has 12 heavy (non-hydrogen) atoms. The molecule has 0 saturated carbocycles. The van der Waals surface area contributed by atoms with E-state index < -0.39 is 0 Å². The van der Waals surface area contributed by atoms with Crippen LogP contribution in [0.2, 0.25) is 0 Å². The van der Waals surface area contributed by atoms with E-state index in [9.17, 15) is 4.79 Å². The Labute approximate surface area is 73.4 Å². The van der Waals surface area contributed by atoms with Gasteiger partial charge in [-0.2, -0.15) is 0 Å². The second kappa shape index (κ2) is 4.93. The molecule has 1 aliphatic heterocycles. The van der Waals surface area contributed by atoms with Crippen LogP contribution >= 0.6 is 0 Å². The predicted octanol–water partition coefficient (Wildman–Crippen LogP) is 0.384. The van der Waals surface area contributed by atoms with E-state index >= 15 is 0 Å². The molecule has 0 aromatic heterocycles. The van der Waals surface area contributed by atoms with Crippen LogP contribution in [0.1, 0.15) is 12.8 Å². The van der Waals surface area contributed by atoms with Crippen molar-refractivity contribution in [2.75, 3.05) is 26.2 Å². The number of amides is 1. The third-order valence-corrected chi connectivity index (χ3v) is 2.03. The van der Waals surface area contributed by atoms with Crippen molar-refractivity contribution in [3.63, 3.8) is 0 Å². The lowest BCUT2D eigenvalue weighted by atomic mass is 10.2. The molecule has 1 rings (SSSR count). The second-order valence-electron chi connectivity index (χ2n) is 2.96. The van der Waals surface area contributed by atoms with Gasteiger partial charge in [-0.25, -0.2) is 0 Å². The van der Waals surface area contributed by atoms with Gasteiger partial charge in [-0.1, -0.05) is 6.08 Å². The molecular weight excluding hydrogens is 152 g/mol. The Balaban J connectivity index is 2.24. The second-order valence-corrected chi connectivity index (χ2v) is 2.96. The van der Waals surface area contributed by atoms with Gasteiger partial charge in [0.15, 0.2) is 0 Å². The molecule has 0 aliphatic carbocycles. The summed E-state index contributed by atoms with van der Waals surface area (Å²) < 4.78 is 0. The molecule has 1 heterocycles. The van der Waals surface area contributed by atoms with Gasteiger partial charge >= 0.3 is 0 Å². The van der Waals surface area contributed by atoms with E-state index in [0.29, 0.717) is 6.42 Å². The molecule has 0 bridgehead atoms. The van der Waals surface area contributed by atoms with Gasteiger partial charge in [0.2, 0.25) is 5.91 Å². The lowest BCUT2D eigenvalue weighted by Crippen LogP contribution is -2.46. The Morgan fingerprint density at radius 1 is 1.50 bits per heavy atom. The van der Waals surface area contributed by atoms with E-state index in [1.807, 2.05) is 4.90 Å². The summed E-state index contributed by atoms with van der Waals surface area (Å²) in [7, 11) is 0. The van der Waals surface area contributed by atoms with Crippen LogP contribution in [0, 0.1) is 0 Å². The van der Waals surface area contributed by atoms with Crippen molar-refractivity contribution in [1.29, 1.82) is 0 Å². The summed E-state index contributed by atoms with van der Waals surface area (Å²) in [5.41, 5.74) is 0. The molecule has 1 N–H and O–H groups in total. The first-order valence-electron chi connectivity index (χ1n) is 4.44. The molecule has 0 spiro atoms. The minimum absolute atomic E-state index is 0.261. The smallest absolute Gasteiger partial charge is 0.222 e. The lowest BCUT2D eigenvalue weighted by molar-refractivity contribution is -0.131. The lowest BCUT2D eigenvalue weighted by Gasteiger charge is -2.27. The normalized spacial score (nSPS) is 17.5. The van der Waals surface area contributed by atoms with Crippen LogP contribution in [0.3, 0.4) is 0 Å². The molecule has 1 aliphatic rings. The molecule has 0 atom stereocenters. The van der Waals surface area contributed by atoms with Crippen molar-refractivity contribution in [3.05, 3.63) is 12.7 Å². The Morgan fingerprint density at radius 2 is 2.17 bits per heavy atom. The molecule has 3 nitrogen and oxygen atoms in total. The van der Waals surface area contributed by atoms with Gasteiger partial charge in [0, 0.05) is 32.6 Å². The van der Waals surface area contributed by atoms with Crippen LogP contribution in [0.4, 0.5) is 0 Å². The Hall–Kier alpha value is -0.830. The van der Waals surface area contributed by atoms with Crippen molar-refractivity contribution >= 4 is 5.91 Å². The summed E-state index contributed by atoms with van der Waals surface area (Å²) >= 11 is 0. The standard InChI is InChI=1S/C9H16N2O/c1-2-3-4-9(12)11-7-5-10-6-8-11/h2,10H,1,3-8H2. The van der Waals surface area contributed by atoms with E-state index in [2.05, 4.69) is 11.9 Å². The maximum atomic E-state index is 11.4. The number of hydrogen-bond donors (Lipinski definition) is 1. The predicted molar refractivity (Wildman–Crippen MR) is 48.9 cm³/mol. The van der Waals surface area contributed by atoms with Crippen LogP contribution in [0.25, 0.3) is 0 Å². The highest BCUT2D eigenvalue weighted by atomic mass is 16.2. The maximum absolute atomic E-state index is 11.4. The average Bonchev–Trinajstić information content (AvgIpc) is 2.15. The summed E-state index contributed by atoms with van der Waals surface area (Å²) in [6, 6.07) is 0. The minimum Gasteiger partial charge on any atom is -0.340 e. The van der Waals surface area contributed by atoms with E-state index in [0.717, 1.165) is 32.6 Å². The van der Waals surface area contributed by atoms with Crippen LogP contribution in [-0.4, -0.2) is 37.0 Å². The number of rotatable bonds is 3. The van der Waals surface area contributed by atoms with Crippen LogP contribution < -0.4 is 5.32 Å². The van der Waals surface area contributed by atoms with E-state index in [4.69, 9.17) is 0 Å². The van der Waals surface area contributed by atoms with Gasteiger partial charge in [0.25, 0.3) is 0 Å². The number of carbonyl (C=O) groups excluding carboxylic acids is 1. The fraction of sp³-hybridized carbons (Fsp3) is 0.667. The number of hydrogen-bond acceptors (Lipinski definition) is 2. The Morgan fingerprint density at radius 3 is 2.75 bits per heavy atom. The van der Waals surface area contributed by atoms with Crippen LogP contribution in [0.15, 0.2) is 12.7 Å². The summed E-state index contributed by atoms with van der Waals surface area (Å²) in [5.74, 6) is 0.261. The third kappa shape index (κ3) is 2.66. The molecule has 1 fully saturated rings. The van der Waals surface area contributed by atoms with Gasteiger partial charge in [0.1, 0.15) is 0 Å². The molecule has 3 heteroatoms. The van der Waals surface area contributed by atoms with Gasteiger partial charge in [-0.15, -0.1) is 6.58 Å². The van der Waals surface area contributed by atoms with Crippen molar-refractivity contribution in [2.24, 2.45) is 0 Å². The number of allylic oxidation sites excluding steroid dienone is 1. The summed E-state index contributed by atoms with van der Waals surface area (Å²) in [4.78, 5) is 13.3. The van der Waals surface area contributed by atoms with Crippen LogP contribution in [0.5, 0.6) is 0 Å². The van der Waals surface area contributed by atoms with Crippen molar-refractivity contribution < 1.29 is 4.79 Å². The number of nitrogens with zero attached hydrogens (tertiary/aromatic N) is 1. The minimum atomic E-state index is 0.261. The van der Waals surface area contributed by atoms with E-state index in [1.54, 1.807) is 6.08 Å². The molecule has 0 aromatic carbocycles. The van der Waals surface area contributed by atoms with E-state index in [-0.39, 0.29) is 5.91 Å². The van der Waals surface area contributed by atoms with Crippen LogP contribution in [-0.2, 0) is 4.79 Å². The first-order chi connectivity index (χ1) is 5.84. The highest BCUT2D eigenvalue weighted by Gasteiger charge is 2.14. The molecule has 0 radical (unpaired) electrons. The average molecular weight is 168 g/mol. The quantitative estimate of drug-likeness (QED) is 0.618. The zero-order valence-electron chi connectivity index (χ0n) is 7.38. The molecule has 1 saturated heterocycles. The monoisotopic (exact) mass is 168 g/mol. The maximum Gasteiger partial charge on any atom is 0.222 e. The first-order valence-corrected chi connectivity index (χ1v) is 4.44. The highest BCUT2D eigenvalue weighted by molar-refractivity contribution is 5.76. The molecular formula is C9H16N2O. The summed E-state index contributed by atoms with van der Waals surface area (Å²) in [6.45, 7) is 7.17. The Kier molecular flexibility index (Phi) is 3.80. The molecule has 0 unspecified atom stereocenters. The van der Waals surface area contributed by atoms with Crippen molar-refractivity contribution in [1.82, 2.24) is 10.2 Å². The van der Waals surface area contributed by atoms with Gasteiger partial charge in [0.05, 0.1) is 0 Å². The Bertz CT molecular complexity index is 162. The SMILES string of the molecule is C=CCCC(=O)N1CCNCC1. The van der Waals surface area contributed by atoms with E-state index in [1.165, 1.54) is 0 Å². The largest absolute Gasteiger partial charge is 0.340 e.